The zero-order chi connectivity index (χ0) is 15.6. The first-order valence-electron chi connectivity index (χ1n) is 8.35. The second kappa shape index (κ2) is 6.16. The molecule has 1 fully saturated rings. The van der Waals surface area contributed by atoms with Gasteiger partial charge in [0.25, 0.3) is 0 Å². The highest BCUT2D eigenvalue weighted by Crippen LogP contribution is 2.31. The molecule has 0 saturated heterocycles. The normalized spacial score (nSPS) is 19.0. The summed E-state index contributed by atoms with van der Waals surface area (Å²) >= 11 is 0. The van der Waals surface area contributed by atoms with Crippen molar-refractivity contribution >= 4 is 11.6 Å². The summed E-state index contributed by atoms with van der Waals surface area (Å²) in [5, 5.41) is 7.45. The molecule has 1 N–H and O–H groups in total. The molecule has 2 aromatic rings. The first-order chi connectivity index (χ1) is 11.3. The Morgan fingerprint density at radius 2 is 2.00 bits per heavy atom. The number of carbonyl (C=O) groups excluding carboxylic acids is 1. The minimum atomic E-state index is -0.0957. The van der Waals surface area contributed by atoms with Gasteiger partial charge >= 0.3 is 0 Å². The average Bonchev–Trinajstić information content (AvgIpc) is 2.99. The molecule has 1 aromatic carbocycles. The maximum absolute atomic E-state index is 11.5. The van der Waals surface area contributed by atoms with Crippen molar-refractivity contribution in [1.29, 1.82) is 0 Å². The second-order valence-corrected chi connectivity index (χ2v) is 6.41. The zero-order valence-electron chi connectivity index (χ0n) is 13.1. The number of anilines is 1. The van der Waals surface area contributed by atoms with Crippen molar-refractivity contribution in [2.45, 2.75) is 44.8 Å². The van der Waals surface area contributed by atoms with Crippen LogP contribution < -0.4 is 5.32 Å². The number of hydrogen-bond acceptors (Lipinski definition) is 3. The highest BCUT2D eigenvalue weighted by atomic mass is 16.5. The Balaban J connectivity index is 1.60. The number of ether oxygens (including phenoxy) is 1. The van der Waals surface area contributed by atoms with Gasteiger partial charge in [-0.25, -0.2) is 0 Å². The van der Waals surface area contributed by atoms with Gasteiger partial charge in [-0.15, -0.1) is 0 Å². The molecule has 1 aromatic heterocycles. The van der Waals surface area contributed by atoms with Gasteiger partial charge in [0.15, 0.2) is 0 Å². The molecule has 2 aliphatic rings. The van der Waals surface area contributed by atoms with Crippen molar-refractivity contribution in [2.24, 2.45) is 0 Å². The van der Waals surface area contributed by atoms with E-state index in [4.69, 9.17) is 4.74 Å². The minimum absolute atomic E-state index is 0.0957. The number of carbonyl (C=O) groups is 1. The Morgan fingerprint density at radius 3 is 2.87 bits per heavy atom. The maximum Gasteiger partial charge on any atom is 0.250 e. The molecule has 0 bridgehead atoms. The highest BCUT2D eigenvalue weighted by molar-refractivity contribution is 5.93. The fourth-order valence-electron chi connectivity index (χ4n) is 3.49. The molecular formula is C18H21N3O2. The van der Waals surface area contributed by atoms with Gasteiger partial charge in [0.2, 0.25) is 5.91 Å². The van der Waals surface area contributed by atoms with Crippen LogP contribution in [0.25, 0.3) is 11.1 Å². The molecule has 0 spiro atoms. The molecule has 0 radical (unpaired) electrons. The summed E-state index contributed by atoms with van der Waals surface area (Å²) in [5.41, 5.74) is 4.09. The van der Waals surface area contributed by atoms with Crippen LogP contribution in [0.2, 0.25) is 0 Å². The van der Waals surface area contributed by atoms with Crippen LogP contribution in [0.3, 0.4) is 0 Å². The summed E-state index contributed by atoms with van der Waals surface area (Å²) in [5.74, 6) is -0.0957. The minimum Gasteiger partial charge on any atom is -0.367 e. The first-order valence-corrected chi connectivity index (χ1v) is 8.35. The van der Waals surface area contributed by atoms with E-state index in [1.165, 1.54) is 32.1 Å². The number of benzene rings is 1. The van der Waals surface area contributed by atoms with Gasteiger partial charge in [-0.3, -0.25) is 9.48 Å². The van der Waals surface area contributed by atoms with E-state index >= 15 is 0 Å². The van der Waals surface area contributed by atoms with Crippen molar-refractivity contribution in [2.75, 3.05) is 11.9 Å². The fraction of sp³-hybridized carbons (Fsp3) is 0.444. The average molecular weight is 311 g/mol. The van der Waals surface area contributed by atoms with Crippen LogP contribution in [0.15, 0.2) is 30.6 Å². The van der Waals surface area contributed by atoms with Crippen LogP contribution >= 0.6 is 0 Å². The first kappa shape index (κ1) is 14.5. The van der Waals surface area contributed by atoms with E-state index in [1.807, 2.05) is 18.3 Å². The summed E-state index contributed by atoms with van der Waals surface area (Å²) < 4.78 is 7.52. The number of nitrogens with one attached hydrogen (secondary N) is 1. The Labute approximate surface area is 135 Å². The summed E-state index contributed by atoms with van der Waals surface area (Å²) in [6.45, 7) is 0.572. The van der Waals surface area contributed by atoms with Crippen LogP contribution in [-0.4, -0.2) is 22.3 Å². The molecule has 1 aliphatic heterocycles. The van der Waals surface area contributed by atoms with Gasteiger partial charge in [0.05, 0.1) is 18.8 Å². The second-order valence-electron chi connectivity index (χ2n) is 6.41. The van der Waals surface area contributed by atoms with Crippen molar-refractivity contribution in [3.63, 3.8) is 0 Å². The highest BCUT2D eigenvalue weighted by Gasteiger charge is 2.17. The predicted molar refractivity (Wildman–Crippen MR) is 88.1 cm³/mol. The van der Waals surface area contributed by atoms with Crippen molar-refractivity contribution < 1.29 is 9.53 Å². The third-order valence-corrected chi connectivity index (χ3v) is 4.75. The molecule has 0 unspecified atom stereocenters. The number of aromatic nitrogens is 2. The third-order valence-electron chi connectivity index (χ3n) is 4.75. The number of nitrogens with zero attached hydrogens (tertiary/aromatic N) is 2. The molecule has 4 rings (SSSR count). The molecular weight excluding hydrogens is 290 g/mol. The van der Waals surface area contributed by atoms with E-state index in [1.54, 1.807) is 0 Å². The quantitative estimate of drug-likeness (QED) is 0.923. The van der Waals surface area contributed by atoms with E-state index in [9.17, 15) is 4.79 Å². The number of amides is 1. The van der Waals surface area contributed by atoms with Crippen LogP contribution in [0.1, 0.15) is 43.7 Å². The summed E-state index contributed by atoms with van der Waals surface area (Å²) in [6.07, 6.45) is 10.5. The lowest BCUT2D eigenvalue weighted by Gasteiger charge is -2.21. The Hall–Kier alpha value is -2.14. The molecule has 5 heteroatoms. The van der Waals surface area contributed by atoms with Gasteiger partial charge in [0, 0.05) is 23.0 Å². The van der Waals surface area contributed by atoms with Gasteiger partial charge in [0.1, 0.15) is 6.61 Å². The molecule has 0 atom stereocenters. The van der Waals surface area contributed by atoms with Crippen LogP contribution in [0.5, 0.6) is 0 Å². The lowest BCUT2D eigenvalue weighted by molar-refractivity contribution is -0.120. The Morgan fingerprint density at radius 1 is 1.13 bits per heavy atom. The lowest BCUT2D eigenvalue weighted by atomic mass is 9.96. The summed E-state index contributed by atoms with van der Waals surface area (Å²) in [6, 6.07) is 6.62. The molecule has 5 nitrogen and oxygen atoms in total. The van der Waals surface area contributed by atoms with Crippen molar-refractivity contribution in [1.82, 2.24) is 9.78 Å². The van der Waals surface area contributed by atoms with E-state index < -0.39 is 0 Å². The van der Waals surface area contributed by atoms with E-state index in [0.29, 0.717) is 12.6 Å². The molecule has 1 saturated carbocycles. The Kier molecular flexibility index (Phi) is 3.87. The largest absolute Gasteiger partial charge is 0.367 e. The zero-order valence-corrected chi connectivity index (χ0v) is 13.1. The topological polar surface area (TPSA) is 56.1 Å². The van der Waals surface area contributed by atoms with Crippen LogP contribution in [0, 0.1) is 0 Å². The van der Waals surface area contributed by atoms with Crippen LogP contribution in [-0.2, 0) is 16.1 Å². The smallest absolute Gasteiger partial charge is 0.250 e. The standard InChI is InChI=1S/C18H21N3O2/c22-18-12-23-11-14-8-13(6-7-17(14)20-18)15-9-19-21(10-15)16-4-2-1-3-5-16/h6-10,16H,1-5,11-12H2,(H,20,22). The van der Waals surface area contributed by atoms with E-state index in [0.717, 1.165) is 22.4 Å². The van der Waals surface area contributed by atoms with E-state index in [2.05, 4.69) is 27.4 Å². The van der Waals surface area contributed by atoms with Gasteiger partial charge in [-0.05, 0) is 30.5 Å². The third kappa shape index (κ3) is 3.01. The predicted octanol–water partition coefficient (Wildman–Crippen LogP) is 3.52. The molecule has 1 aliphatic carbocycles. The number of rotatable bonds is 2. The number of fused-ring (bicyclic) bond motifs is 1. The van der Waals surface area contributed by atoms with Gasteiger partial charge < -0.3 is 10.1 Å². The fourth-order valence-corrected chi connectivity index (χ4v) is 3.49. The maximum atomic E-state index is 11.5. The van der Waals surface area contributed by atoms with Gasteiger partial charge in [-0.2, -0.15) is 5.10 Å². The SMILES string of the molecule is O=C1COCc2cc(-c3cnn(C4CCCCC4)c3)ccc2N1. The molecule has 23 heavy (non-hydrogen) atoms. The number of hydrogen-bond donors (Lipinski definition) is 1. The van der Waals surface area contributed by atoms with Crippen molar-refractivity contribution in [3.05, 3.63) is 36.2 Å². The van der Waals surface area contributed by atoms with Crippen molar-refractivity contribution in [3.8, 4) is 11.1 Å². The summed E-state index contributed by atoms with van der Waals surface area (Å²) in [7, 11) is 0. The van der Waals surface area contributed by atoms with E-state index in [-0.39, 0.29) is 12.5 Å². The molecule has 1 amide bonds. The van der Waals surface area contributed by atoms with Crippen LogP contribution in [0.4, 0.5) is 5.69 Å². The lowest BCUT2D eigenvalue weighted by Crippen LogP contribution is -2.14. The molecule has 2 heterocycles. The summed E-state index contributed by atoms with van der Waals surface area (Å²) in [4.78, 5) is 11.5. The molecule has 120 valence electrons. The van der Waals surface area contributed by atoms with Gasteiger partial charge in [-0.1, -0.05) is 25.3 Å². The monoisotopic (exact) mass is 311 g/mol. The Bertz CT molecular complexity index is 717.